The molecule has 0 saturated carbocycles. The number of H-pyrrole nitrogens is 1. The zero-order chi connectivity index (χ0) is 14.8. The van der Waals surface area contributed by atoms with Crippen molar-refractivity contribution >= 4 is 11.2 Å². The number of nitrogens with zero attached hydrogens (tertiary/aromatic N) is 2. The third kappa shape index (κ3) is 2.75. The molecule has 5 nitrogen and oxygen atoms in total. The van der Waals surface area contributed by atoms with E-state index < -0.39 is 0 Å². The summed E-state index contributed by atoms with van der Waals surface area (Å²) in [5, 5.41) is 3.50. The van der Waals surface area contributed by atoms with Crippen molar-refractivity contribution in [1.82, 2.24) is 20.3 Å². The summed E-state index contributed by atoms with van der Waals surface area (Å²) in [5.41, 5.74) is 3.45. The molecule has 0 spiro atoms. The molecule has 0 bridgehead atoms. The minimum atomic E-state index is 0.492. The number of pyridine rings is 1. The van der Waals surface area contributed by atoms with E-state index in [0.29, 0.717) is 11.8 Å². The van der Waals surface area contributed by atoms with Gasteiger partial charge in [-0.2, -0.15) is 0 Å². The van der Waals surface area contributed by atoms with E-state index in [0.717, 1.165) is 56.1 Å². The molecule has 2 aliphatic heterocycles. The molecule has 0 aliphatic carbocycles. The maximum Gasteiger partial charge on any atom is 0.177 e. The van der Waals surface area contributed by atoms with Gasteiger partial charge in [0, 0.05) is 25.3 Å². The first-order valence-corrected chi connectivity index (χ1v) is 8.55. The fraction of sp³-hybridized carbons (Fsp3) is 0.647. The van der Waals surface area contributed by atoms with Gasteiger partial charge in [0.25, 0.3) is 0 Å². The highest BCUT2D eigenvalue weighted by Gasteiger charge is 2.22. The van der Waals surface area contributed by atoms with Crippen molar-refractivity contribution in [3.8, 4) is 0 Å². The molecular weight excluding hydrogens is 276 g/mol. The van der Waals surface area contributed by atoms with Gasteiger partial charge in [0.05, 0.1) is 5.52 Å². The Labute approximate surface area is 130 Å². The smallest absolute Gasteiger partial charge is 0.177 e. The van der Waals surface area contributed by atoms with Gasteiger partial charge in [0.15, 0.2) is 5.65 Å². The average molecular weight is 300 g/mol. The van der Waals surface area contributed by atoms with E-state index in [4.69, 9.17) is 9.72 Å². The van der Waals surface area contributed by atoms with Crippen LogP contribution in [0.4, 0.5) is 0 Å². The maximum atomic E-state index is 5.46. The van der Waals surface area contributed by atoms with Crippen LogP contribution in [0.2, 0.25) is 0 Å². The Balaban J connectivity index is 1.67. The molecule has 0 amide bonds. The molecule has 2 aromatic heterocycles. The lowest BCUT2D eigenvalue weighted by atomic mass is 9.92. The van der Waals surface area contributed by atoms with Crippen molar-refractivity contribution < 1.29 is 4.74 Å². The van der Waals surface area contributed by atoms with Crippen LogP contribution in [0, 0.1) is 0 Å². The van der Waals surface area contributed by atoms with Crippen LogP contribution in [0.5, 0.6) is 0 Å². The van der Waals surface area contributed by atoms with Crippen molar-refractivity contribution in [2.45, 2.75) is 43.9 Å². The minimum Gasteiger partial charge on any atom is -0.381 e. The van der Waals surface area contributed by atoms with E-state index in [9.17, 15) is 0 Å². The quantitative estimate of drug-likeness (QED) is 0.895. The highest BCUT2D eigenvalue weighted by molar-refractivity contribution is 5.75. The Morgan fingerprint density at radius 2 is 1.95 bits per heavy atom. The Hall–Kier alpha value is -1.46. The number of nitrogens with one attached hydrogen (secondary N) is 2. The maximum absolute atomic E-state index is 5.46. The molecule has 1 unspecified atom stereocenters. The summed E-state index contributed by atoms with van der Waals surface area (Å²) in [5.74, 6) is 2.21. The first-order chi connectivity index (χ1) is 10.9. The monoisotopic (exact) mass is 300 g/mol. The van der Waals surface area contributed by atoms with Crippen LogP contribution < -0.4 is 5.32 Å². The lowest BCUT2D eigenvalue weighted by molar-refractivity contribution is 0.0838. The summed E-state index contributed by atoms with van der Waals surface area (Å²) in [7, 11) is 0. The van der Waals surface area contributed by atoms with Gasteiger partial charge in [-0.25, -0.2) is 9.97 Å². The molecule has 2 saturated heterocycles. The largest absolute Gasteiger partial charge is 0.381 e. The molecule has 4 heterocycles. The molecule has 2 aliphatic rings. The minimum absolute atomic E-state index is 0.492. The predicted molar refractivity (Wildman–Crippen MR) is 86.1 cm³/mol. The molecule has 0 aromatic carbocycles. The van der Waals surface area contributed by atoms with Gasteiger partial charge in [-0.15, -0.1) is 0 Å². The van der Waals surface area contributed by atoms with Gasteiger partial charge in [-0.3, -0.25) is 0 Å². The van der Waals surface area contributed by atoms with Gasteiger partial charge in [-0.05, 0) is 62.7 Å². The zero-order valence-corrected chi connectivity index (χ0v) is 13.0. The lowest BCUT2D eigenvalue weighted by Gasteiger charge is -2.19. The third-order valence-corrected chi connectivity index (χ3v) is 5.07. The summed E-state index contributed by atoms with van der Waals surface area (Å²) in [6.45, 7) is 3.93. The molecule has 5 heteroatoms. The topological polar surface area (TPSA) is 62.8 Å². The first-order valence-electron chi connectivity index (χ1n) is 8.55. The van der Waals surface area contributed by atoms with Crippen molar-refractivity contribution in [1.29, 1.82) is 0 Å². The van der Waals surface area contributed by atoms with Gasteiger partial charge in [0.1, 0.15) is 5.82 Å². The second kappa shape index (κ2) is 6.34. The van der Waals surface area contributed by atoms with Crippen LogP contribution >= 0.6 is 0 Å². The van der Waals surface area contributed by atoms with E-state index >= 15 is 0 Å². The molecule has 0 radical (unpaired) electrons. The van der Waals surface area contributed by atoms with E-state index in [2.05, 4.69) is 21.4 Å². The van der Waals surface area contributed by atoms with Crippen LogP contribution in [0.25, 0.3) is 11.2 Å². The number of hydrogen-bond acceptors (Lipinski definition) is 4. The van der Waals surface area contributed by atoms with Crippen molar-refractivity contribution in [3.63, 3.8) is 0 Å². The molecule has 118 valence electrons. The second-order valence-electron chi connectivity index (χ2n) is 6.49. The summed E-state index contributed by atoms with van der Waals surface area (Å²) < 4.78 is 5.46. The zero-order valence-electron chi connectivity index (χ0n) is 13.0. The molecule has 2 N–H and O–H groups in total. The highest BCUT2D eigenvalue weighted by Crippen LogP contribution is 2.32. The van der Waals surface area contributed by atoms with Crippen molar-refractivity contribution in [3.05, 3.63) is 23.7 Å². The molecular formula is C17H24N4O. The summed E-state index contributed by atoms with van der Waals surface area (Å²) in [6, 6.07) is 2.18. The normalized spacial score (nSPS) is 24.5. The number of aromatic nitrogens is 3. The first kappa shape index (κ1) is 14.2. The fourth-order valence-electron chi connectivity index (χ4n) is 3.78. The average Bonchev–Trinajstić information content (AvgIpc) is 2.83. The summed E-state index contributed by atoms with van der Waals surface area (Å²) in [6.07, 6.45) is 7.73. The number of hydrogen-bond donors (Lipinski definition) is 2. The Morgan fingerprint density at radius 3 is 2.86 bits per heavy atom. The molecule has 22 heavy (non-hydrogen) atoms. The Morgan fingerprint density at radius 1 is 1.05 bits per heavy atom. The van der Waals surface area contributed by atoms with E-state index in [1.54, 1.807) is 0 Å². The summed E-state index contributed by atoms with van der Waals surface area (Å²) >= 11 is 0. The number of fused-ring (bicyclic) bond motifs is 1. The van der Waals surface area contributed by atoms with Gasteiger partial charge in [0.2, 0.25) is 0 Å². The molecule has 1 atom stereocenters. The Bertz CT molecular complexity index is 625. The standard InChI is InChI=1S/C17H24N4O/c1-2-12(3-8-18-7-1)14-4-9-19-17-15(14)20-16(21-17)13-5-10-22-11-6-13/h4,9,12-13,18H,1-3,5-8,10-11H2,(H,19,20,21). The van der Waals surface area contributed by atoms with Crippen LogP contribution in [-0.4, -0.2) is 41.3 Å². The van der Waals surface area contributed by atoms with Crippen LogP contribution in [-0.2, 0) is 4.74 Å². The molecule has 2 aromatic rings. The summed E-state index contributed by atoms with van der Waals surface area (Å²) in [4.78, 5) is 12.9. The van der Waals surface area contributed by atoms with Crippen LogP contribution in [0.1, 0.15) is 55.3 Å². The van der Waals surface area contributed by atoms with E-state index in [-0.39, 0.29) is 0 Å². The van der Waals surface area contributed by atoms with Gasteiger partial charge in [-0.1, -0.05) is 0 Å². The number of aromatic amines is 1. The Kier molecular flexibility index (Phi) is 4.08. The van der Waals surface area contributed by atoms with Crippen LogP contribution in [0.15, 0.2) is 12.3 Å². The number of ether oxygens (including phenoxy) is 1. The molecule has 2 fully saturated rings. The third-order valence-electron chi connectivity index (χ3n) is 5.07. The van der Waals surface area contributed by atoms with Gasteiger partial charge < -0.3 is 15.0 Å². The SMILES string of the molecule is c1cc(C2CCCNCC2)c2[nH]c(C3CCOCC3)nc2n1. The van der Waals surface area contributed by atoms with Crippen molar-refractivity contribution in [2.24, 2.45) is 0 Å². The van der Waals surface area contributed by atoms with Crippen molar-refractivity contribution in [2.75, 3.05) is 26.3 Å². The number of imidazole rings is 1. The highest BCUT2D eigenvalue weighted by atomic mass is 16.5. The van der Waals surface area contributed by atoms with E-state index in [1.807, 2.05) is 6.20 Å². The fourth-order valence-corrected chi connectivity index (χ4v) is 3.78. The van der Waals surface area contributed by atoms with E-state index in [1.165, 1.54) is 24.8 Å². The molecule has 4 rings (SSSR count). The predicted octanol–water partition coefficient (Wildman–Crippen LogP) is 2.71. The second-order valence-corrected chi connectivity index (χ2v) is 6.49. The van der Waals surface area contributed by atoms with Gasteiger partial charge >= 0.3 is 0 Å². The van der Waals surface area contributed by atoms with Crippen LogP contribution in [0.3, 0.4) is 0 Å². The number of rotatable bonds is 2. The lowest BCUT2D eigenvalue weighted by Crippen LogP contribution is -2.15.